The molecule has 3 aromatic carbocycles. The molecule has 0 heterocycles. The first kappa shape index (κ1) is 29.0. The highest BCUT2D eigenvalue weighted by molar-refractivity contribution is 5.76. The summed E-state index contributed by atoms with van der Waals surface area (Å²) in [5.74, 6) is 0.157. The molecule has 0 radical (unpaired) electrons. The van der Waals surface area contributed by atoms with Crippen molar-refractivity contribution in [2.75, 3.05) is 14.2 Å². The minimum atomic E-state index is -0.756. The molecule has 0 fully saturated rings. The summed E-state index contributed by atoms with van der Waals surface area (Å²) in [6, 6.07) is 20.7. The number of ether oxygens (including phenoxy) is 1. The Kier molecular flexibility index (Phi) is 11.0. The number of rotatable bonds is 14. The zero-order chi connectivity index (χ0) is 27.5. The lowest BCUT2D eigenvalue weighted by Gasteiger charge is -2.19. The molecule has 0 atom stereocenters. The van der Waals surface area contributed by atoms with Gasteiger partial charge in [0.15, 0.2) is 0 Å². The van der Waals surface area contributed by atoms with Gasteiger partial charge >= 0.3 is 5.97 Å². The van der Waals surface area contributed by atoms with Crippen LogP contribution in [0.2, 0.25) is 0 Å². The lowest BCUT2D eigenvalue weighted by atomic mass is 9.88. The zero-order valence-electron chi connectivity index (χ0n) is 23.3. The Balaban J connectivity index is 1.77. The predicted molar refractivity (Wildman–Crippen MR) is 154 cm³/mol. The van der Waals surface area contributed by atoms with E-state index in [1.54, 1.807) is 12.0 Å². The summed E-state index contributed by atoms with van der Waals surface area (Å²) in [5, 5.41) is 9.27. The van der Waals surface area contributed by atoms with Crippen LogP contribution < -0.4 is 4.74 Å². The van der Waals surface area contributed by atoms with E-state index in [2.05, 4.69) is 50.2 Å². The van der Waals surface area contributed by atoms with E-state index in [1.165, 1.54) is 16.7 Å². The van der Waals surface area contributed by atoms with Crippen LogP contribution in [0.15, 0.2) is 60.7 Å². The lowest BCUT2D eigenvalue weighted by molar-refractivity contribution is -0.137. The summed E-state index contributed by atoms with van der Waals surface area (Å²) in [4.78, 5) is 25.9. The van der Waals surface area contributed by atoms with Gasteiger partial charge in [-0.05, 0) is 82.8 Å². The van der Waals surface area contributed by atoms with Crippen LogP contribution in [0.25, 0.3) is 11.1 Å². The van der Waals surface area contributed by atoms with Crippen LogP contribution >= 0.6 is 0 Å². The molecule has 202 valence electrons. The largest absolute Gasteiger partial charge is 0.497 e. The first-order valence-corrected chi connectivity index (χ1v) is 13.7. The van der Waals surface area contributed by atoms with Crippen molar-refractivity contribution >= 4 is 11.9 Å². The van der Waals surface area contributed by atoms with E-state index in [-0.39, 0.29) is 12.3 Å². The third-order valence-corrected chi connectivity index (χ3v) is 6.93. The second kappa shape index (κ2) is 14.4. The molecule has 3 rings (SSSR count). The zero-order valence-corrected chi connectivity index (χ0v) is 23.3. The van der Waals surface area contributed by atoms with Crippen molar-refractivity contribution < 1.29 is 19.4 Å². The van der Waals surface area contributed by atoms with Crippen molar-refractivity contribution in [2.45, 2.75) is 71.8 Å². The van der Waals surface area contributed by atoms with E-state index in [0.717, 1.165) is 53.7 Å². The van der Waals surface area contributed by atoms with Crippen LogP contribution in [-0.4, -0.2) is 36.0 Å². The third kappa shape index (κ3) is 8.20. The summed E-state index contributed by atoms with van der Waals surface area (Å²) in [7, 11) is 3.51. The molecule has 0 aromatic heterocycles. The highest BCUT2D eigenvalue weighted by atomic mass is 16.5. The fourth-order valence-corrected chi connectivity index (χ4v) is 4.98. The summed E-state index contributed by atoms with van der Waals surface area (Å²) in [6.45, 7) is 4.87. The van der Waals surface area contributed by atoms with Crippen molar-refractivity contribution in [3.63, 3.8) is 0 Å². The average molecular weight is 516 g/mol. The molecule has 3 aromatic rings. The summed E-state index contributed by atoms with van der Waals surface area (Å²) < 4.78 is 5.29. The molecule has 0 aliphatic rings. The normalized spacial score (nSPS) is 10.8. The van der Waals surface area contributed by atoms with Gasteiger partial charge < -0.3 is 14.7 Å². The number of aliphatic carboxylic acids is 1. The summed E-state index contributed by atoms with van der Waals surface area (Å²) in [5.41, 5.74) is 8.17. The molecule has 0 aliphatic carbocycles. The van der Waals surface area contributed by atoms with Crippen LogP contribution in [0.5, 0.6) is 5.75 Å². The Morgan fingerprint density at radius 1 is 0.789 bits per heavy atom. The molecule has 1 N–H and O–H groups in total. The number of nitrogens with zero attached hydrogens (tertiary/aromatic N) is 1. The first-order valence-electron chi connectivity index (χ1n) is 13.7. The van der Waals surface area contributed by atoms with Crippen LogP contribution in [0.4, 0.5) is 0 Å². The number of carbonyl (C=O) groups is 2. The smallest absolute Gasteiger partial charge is 0.303 e. The van der Waals surface area contributed by atoms with Gasteiger partial charge in [-0.1, -0.05) is 69.2 Å². The molecule has 0 saturated heterocycles. The number of carbonyl (C=O) groups excluding carboxylic acids is 1. The number of hydrogen-bond donors (Lipinski definition) is 1. The molecule has 0 unspecified atom stereocenters. The van der Waals surface area contributed by atoms with Crippen molar-refractivity contribution in [1.29, 1.82) is 0 Å². The monoisotopic (exact) mass is 515 g/mol. The summed E-state index contributed by atoms with van der Waals surface area (Å²) >= 11 is 0. The van der Waals surface area contributed by atoms with E-state index in [4.69, 9.17) is 4.74 Å². The van der Waals surface area contributed by atoms with Crippen molar-refractivity contribution in [3.05, 3.63) is 88.5 Å². The lowest BCUT2D eigenvalue weighted by Crippen LogP contribution is -2.26. The van der Waals surface area contributed by atoms with Gasteiger partial charge in [-0.2, -0.15) is 0 Å². The Labute approximate surface area is 227 Å². The first-order chi connectivity index (χ1) is 18.3. The third-order valence-electron chi connectivity index (χ3n) is 6.93. The van der Waals surface area contributed by atoms with Crippen LogP contribution in [-0.2, 0) is 41.8 Å². The minimum Gasteiger partial charge on any atom is -0.497 e. The fraction of sp³-hybridized carbons (Fsp3) is 0.394. The molecule has 0 aliphatic heterocycles. The van der Waals surface area contributed by atoms with E-state index in [0.29, 0.717) is 25.8 Å². The number of carboxylic acid groups (broad SMARTS) is 1. The van der Waals surface area contributed by atoms with Gasteiger partial charge in [0, 0.05) is 26.4 Å². The standard InChI is InChI=1S/C33H41NO4/c1-5-9-27-21-29(22-28(10-6-2)31(27)16-18-33(36)37)26-13-7-12-25(19-26)23-34(3)32(35)17-15-24-11-8-14-30(20-24)38-4/h7-8,11-14,19-22H,5-6,9-10,15-18,23H2,1-4H3,(H,36,37). The predicted octanol–water partition coefficient (Wildman–Crippen LogP) is 6.88. The molecule has 5 nitrogen and oxygen atoms in total. The van der Waals surface area contributed by atoms with Gasteiger partial charge in [-0.15, -0.1) is 0 Å². The molecule has 0 bridgehead atoms. The van der Waals surface area contributed by atoms with Crippen LogP contribution in [0.3, 0.4) is 0 Å². The highest BCUT2D eigenvalue weighted by Gasteiger charge is 2.14. The SMILES string of the molecule is CCCc1cc(-c2cccc(CN(C)C(=O)CCc3cccc(OC)c3)c2)cc(CCC)c1CCC(=O)O. The fourth-order valence-electron chi connectivity index (χ4n) is 4.98. The number of carboxylic acids is 1. The maximum absolute atomic E-state index is 12.9. The second-order valence-corrected chi connectivity index (χ2v) is 9.97. The number of amides is 1. The Hall–Kier alpha value is -3.60. The van der Waals surface area contributed by atoms with Gasteiger partial charge in [-0.3, -0.25) is 9.59 Å². The van der Waals surface area contributed by atoms with Crippen molar-refractivity contribution in [1.82, 2.24) is 4.90 Å². The van der Waals surface area contributed by atoms with Gasteiger partial charge in [-0.25, -0.2) is 0 Å². The Bertz CT molecular complexity index is 1210. The van der Waals surface area contributed by atoms with Gasteiger partial charge in [0.05, 0.1) is 7.11 Å². The van der Waals surface area contributed by atoms with Crippen molar-refractivity contribution in [3.8, 4) is 16.9 Å². The maximum atomic E-state index is 12.9. The van der Waals surface area contributed by atoms with Gasteiger partial charge in [0.25, 0.3) is 0 Å². The van der Waals surface area contributed by atoms with E-state index >= 15 is 0 Å². The molecule has 0 spiro atoms. The Morgan fingerprint density at radius 3 is 2.08 bits per heavy atom. The Morgan fingerprint density at radius 2 is 1.45 bits per heavy atom. The molecular weight excluding hydrogens is 474 g/mol. The number of methoxy groups -OCH3 is 1. The quantitative estimate of drug-likeness (QED) is 0.254. The van der Waals surface area contributed by atoms with Gasteiger partial charge in [0.2, 0.25) is 5.91 Å². The number of aryl methyl sites for hydroxylation is 3. The van der Waals surface area contributed by atoms with E-state index in [9.17, 15) is 14.7 Å². The minimum absolute atomic E-state index is 0.108. The molecule has 38 heavy (non-hydrogen) atoms. The summed E-state index contributed by atoms with van der Waals surface area (Å²) in [6.07, 6.45) is 5.74. The number of benzene rings is 3. The maximum Gasteiger partial charge on any atom is 0.303 e. The average Bonchev–Trinajstić information content (AvgIpc) is 2.91. The molecule has 5 heteroatoms. The topological polar surface area (TPSA) is 66.8 Å². The second-order valence-electron chi connectivity index (χ2n) is 9.97. The number of hydrogen-bond acceptors (Lipinski definition) is 3. The van der Waals surface area contributed by atoms with Gasteiger partial charge in [0.1, 0.15) is 5.75 Å². The molecule has 0 saturated carbocycles. The van der Waals surface area contributed by atoms with E-state index < -0.39 is 5.97 Å². The van der Waals surface area contributed by atoms with Crippen LogP contribution in [0.1, 0.15) is 67.3 Å². The van der Waals surface area contributed by atoms with Crippen LogP contribution in [0, 0.1) is 0 Å². The highest BCUT2D eigenvalue weighted by Crippen LogP contribution is 2.29. The molecule has 1 amide bonds. The van der Waals surface area contributed by atoms with Crippen molar-refractivity contribution in [2.24, 2.45) is 0 Å². The van der Waals surface area contributed by atoms with E-state index in [1.807, 2.05) is 31.3 Å². The molecular formula is C33H41NO4.